The highest BCUT2D eigenvalue weighted by Crippen LogP contribution is 2.34. The van der Waals surface area contributed by atoms with E-state index in [1.54, 1.807) is 11.3 Å². The summed E-state index contributed by atoms with van der Waals surface area (Å²) in [6.45, 7) is 4.28. The van der Waals surface area contributed by atoms with E-state index >= 15 is 0 Å². The number of aromatic nitrogens is 2. The van der Waals surface area contributed by atoms with Crippen molar-refractivity contribution in [3.63, 3.8) is 0 Å². The molecule has 112 valence electrons. The van der Waals surface area contributed by atoms with E-state index < -0.39 is 0 Å². The summed E-state index contributed by atoms with van der Waals surface area (Å²) in [7, 11) is 0. The van der Waals surface area contributed by atoms with Gasteiger partial charge in [0.2, 0.25) is 5.13 Å². The van der Waals surface area contributed by atoms with Gasteiger partial charge < -0.3 is 0 Å². The van der Waals surface area contributed by atoms with Gasteiger partial charge in [0.15, 0.2) is 0 Å². The number of nitrogens with zero attached hydrogens (tertiary/aromatic N) is 2. The van der Waals surface area contributed by atoms with Crippen LogP contribution in [0.1, 0.15) is 52.5 Å². The molecule has 0 aromatic carbocycles. The fourth-order valence-electron chi connectivity index (χ4n) is 2.73. The summed E-state index contributed by atoms with van der Waals surface area (Å²) in [6, 6.07) is 0. The van der Waals surface area contributed by atoms with Crippen LogP contribution in [-0.4, -0.2) is 16.1 Å². The number of nitrogens with one attached hydrogen (secondary N) is 1. The molecule has 1 aliphatic rings. The van der Waals surface area contributed by atoms with Gasteiger partial charge in [0.05, 0.1) is 5.56 Å². The molecule has 0 spiro atoms. The first-order valence-electron chi connectivity index (χ1n) is 7.44. The van der Waals surface area contributed by atoms with Crippen LogP contribution in [0, 0.1) is 5.92 Å². The van der Waals surface area contributed by atoms with E-state index in [0.29, 0.717) is 5.13 Å². The molecule has 0 saturated heterocycles. The number of amides is 1. The van der Waals surface area contributed by atoms with Gasteiger partial charge in [-0.05, 0) is 37.2 Å². The third kappa shape index (κ3) is 3.01. The maximum absolute atomic E-state index is 12.4. The molecule has 0 aliphatic heterocycles. The van der Waals surface area contributed by atoms with Crippen molar-refractivity contribution < 1.29 is 4.79 Å². The Hall–Kier alpha value is -1.27. The summed E-state index contributed by atoms with van der Waals surface area (Å²) in [6.07, 6.45) is 5.42. The molecule has 4 nitrogen and oxygen atoms in total. The number of rotatable bonds is 4. The van der Waals surface area contributed by atoms with E-state index in [9.17, 15) is 4.79 Å². The van der Waals surface area contributed by atoms with E-state index in [0.717, 1.165) is 35.8 Å². The van der Waals surface area contributed by atoms with Crippen molar-refractivity contribution in [3.05, 3.63) is 26.4 Å². The highest BCUT2D eigenvalue weighted by Gasteiger charge is 2.24. The van der Waals surface area contributed by atoms with Gasteiger partial charge in [-0.3, -0.25) is 10.1 Å². The largest absolute Gasteiger partial charge is 0.296 e. The van der Waals surface area contributed by atoms with Crippen LogP contribution in [-0.2, 0) is 19.3 Å². The average Bonchev–Trinajstić information content (AvgIpc) is 3.12. The van der Waals surface area contributed by atoms with Crippen molar-refractivity contribution in [1.82, 2.24) is 10.2 Å². The molecule has 0 bridgehead atoms. The molecule has 2 aromatic rings. The molecule has 1 aliphatic carbocycles. The van der Waals surface area contributed by atoms with Crippen molar-refractivity contribution in [1.29, 1.82) is 0 Å². The predicted octanol–water partition coefficient (Wildman–Crippen LogP) is 3.93. The maximum atomic E-state index is 12.4. The lowest BCUT2D eigenvalue weighted by Crippen LogP contribution is -2.17. The molecule has 1 unspecified atom stereocenters. The van der Waals surface area contributed by atoms with Gasteiger partial charge in [-0.15, -0.1) is 21.5 Å². The topological polar surface area (TPSA) is 54.9 Å². The number of aryl methyl sites for hydroxylation is 1. The molecular weight excluding hydrogens is 302 g/mol. The Morgan fingerprint density at radius 1 is 1.43 bits per heavy atom. The Morgan fingerprint density at radius 2 is 2.29 bits per heavy atom. The summed E-state index contributed by atoms with van der Waals surface area (Å²) in [5, 5.41) is 14.5. The van der Waals surface area contributed by atoms with Crippen LogP contribution < -0.4 is 5.32 Å². The van der Waals surface area contributed by atoms with Crippen molar-refractivity contribution in [2.45, 2.75) is 46.0 Å². The van der Waals surface area contributed by atoms with Crippen molar-refractivity contribution in [2.75, 3.05) is 5.32 Å². The Bertz CT molecular complexity index is 647. The van der Waals surface area contributed by atoms with E-state index in [1.165, 1.54) is 34.6 Å². The lowest BCUT2D eigenvalue weighted by Gasteiger charge is -2.21. The number of hydrogen-bond acceptors (Lipinski definition) is 5. The minimum atomic E-state index is -0.0405. The number of hydrogen-bond donors (Lipinski definition) is 1. The summed E-state index contributed by atoms with van der Waals surface area (Å²) >= 11 is 3.18. The Labute approximate surface area is 132 Å². The second-order valence-corrected chi connectivity index (χ2v) is 7.40. The zero-order valence-corrected chi connectivity index (χ0v) is 13.9. The first-order chi connectivity index (χ1) is 10.2. The van der Waals surface area contributed by atoms with Gasteiger partial charge in [0.25, 0.3) is 5.91 Å². The summed E-state index contributed by atoms with van der Waals surface area (Å²) in [5.74, 6) is 0.739. The Kier molecular flexibility index (Phi) is 4.35. The average molecular weight is 321 g/mol. The lowest BCUT2D eigenvalue weighted by atomic mass is 9.86. The molecule has 0 fully saturated rings. The fourth-order valence-corrected chi connectivity index (χ4v) is 4.60. The quantitative estimate of drug-likeness (QED) is 0.928. The number of fused-ring (bicyclic) bond motifs is 1. The molecule has 21 heavy (non-hydrogen) atoms. The number of thiophene rings is 1. The van der Waals surface area contributed by atoms with Crippen LogP contribution >= 0.6 is 22.7 Å². The molecule has 1 atom stereocenters. The highest BCUT2D eigenvalue weighted by molar-refractivity contribution is 7.15. The third-order valence-corrected chi connectivity index (χ3v) is 6.10. The summed E-state index contributed by atoms with van der Waals surface area (Å²) in [4.78, 5) is 13.8. The van der Waals surface area contributed by atoms with E-state index in [4.69, 9.17) is 0 Å². The van der Waals surface area contributed by atoms with Crippen molar-refractivity contribution in [3.8, 4) is 0 Å². The van der Waals surface area contributed by atoms with Gasteiger partial charge >= 0.3 is 0 Å². The second kappa shape index (κ2) is 6.23. The van der Waals surface area contributed by atoms with E-state index in [1.807, 2.05) is 12.3 Å². The summed E-state index contributed by atoms with van der Waals surface area (Å²) in [5.41, 5.74) is 2.08. The Balaban J connectivity index is 1.75. The minimum Gasteiger partial charge on any atom is -0.296 e. The van der Waals surface area contributed by atoms with Gasteiger partial charge in [-0.25, -0.2) is 0 Å². The first kappa shape index (κ1) is 14.7. The number of carbonyl (C=O) groups excluding carboxylic acids is 1. The van der Waals surface area contributed by atoms with Crippen LogP contribution in [0.3, 0.4) is 0 Å². The zero-order chi connectivity index (χ0) is 14.8. The molecule has 0 radical (unpaired) electrons. The van der Waals surface area contributed by atoms with Gasteiger partial charge in [0, 0.05) is 10.3 Å². The molecule has 2 heterocycles. The van der Waals surface area contributed by atoms with Gasteiger partial charge in [-0.2, -0.15) is 0 Å². The van der Waals surface area contributed by atoms with Crippen LogP contribution in [0.15, 0.2) is 5.38 Å². The SMILES string of the molecule is CCc1nnc(NC(=O)c2csc3c2CCC(CC)C3)s1. The van der Waals surface area contributed by atoms with Crippen LogP contribution in [0.4, 0.5) is 5.13 Å². The van der Waals surface area contributed by atoms with E-state index in [-0.39, 0.29) is 5.91 Å². The standard InChI is InChI=1S/C15H19N3OS2/c1-3-9-5-6-10-11(8-20-12(10)7-9)14(19)16-15-18-17-13(4-2)21-15/h8-9H,3-7H2,1-2H3,(H,16,18,19). The second-order valence-electron chi connectivity index (χ2n) is 5.38. The molecule has 1 amide bonds. The van der Waals surface area contributed by atoms with Crippen LogP contribution in [0.5, 0.6) is 0 Å². The molecular formula is C15H19N3OS2. The molecule has 6 heteroatoms. The smallest absolute Gasteiger partial charge is 0.258 e. The molecule has 2 aromatic heterocycles. The fraction of sp³-hybridized carbons (Fsp3) is 0.533. The summed E-state index contributed by atoms with van der Waals surface area (Å²) < 4.78 is 0. The number of carbonyl (C=O) groups is 1. The lowest BCUT2D eigenvalue weighted by molar-refractivity contribution is 0.102. The molecule has 0 saturated carbocycles. The van der Waals surface area contributed by atoms with Crippen molar-refractivity contribution >= 4 is 33.7 Å². The van der Waals surface area contributed by atoms with Crippen LogP contribution in [0.25, 0.3) is 0 Å². The van der Waals surface area contributed by atoms with E-state index in [2.05, 4.69) is 22.4 Å². The van der Waals surface area contributed by atoms with Gasteiger partial charge in [-0.1, -0.05) is 31.6 Å². The monoisotopic (exact) mass is 321 g/mol. The normalized spacial score (nSPS) is 17.5. The highest BCUT2D eigenvalue weighted by atomic mass is 32.1. The Morgan fingerprint density at radius 3 is 3.00 bits per heavy atom. The van der Waals surface area contributed by atoms with Gasteiger partial charge in [0.1, 0.15) is 5.01 Å². The maximum Gasteiger partial charge on any atom is 0.258 e. The van der Waals surface area contributed by atoms with Crippen LogP contribution in [0.2, 0.25) is 0 Å². The molecule has 1 N–H and O–H groups in total. The number of anilines is 1. The molecule has 3 rings (SSSR count). The first-order valence-corrected chi connectivity index (χ1v) is 9.13. The predicted molar refractivity (Wildman–Crippen MR) is 87.4 cm³/mol. The minimum absolute atomic E-state index is 0.0405. The zero-order valence-electron chi connectivity index (χ0n) is 12.3. The third-order valence-electron chi connectivity index (χ3n) is 4.07. The van der Waals surface area contributed by atoms with Crippen molar-refractivity contribution in [2.24, 2.45) is 5.92 Å².